The van der Waals surface area contributed by atoms with E-state index in [9.17, 15) is 9.59 Å². The van der Waals surface area contributed by atoms with Gasteiger partial charge < -0.3 is 10.1 Å². The summed E-state index contributed by atoms with van der Waals surface area (Å²) in [6.45, 7) is 3.10. The van der Waals surface area contributed by atoms with Gasteiger partial charge in [-0.15, -0.1) is 0 Å². The molecule has 0 radical (unpaired) electrons. The van der Waals surface area contributed by atoms with E-state index >= 15 is 0 Å². The average Bonchev–Trinajstić information content (AvgIpc) is 2.50. The molecule has 0 aromatic heterocycles. The van der Waals surface area contributed by atoms with Gasteiger partial charge in [0.15, 0.2) is 0 Å². The summed E-state index contributed by atoms with van der Waals surface area (Å²) in [5.74, 6) is -0.528. The summed E-state index contributed by atoms with van der Waals surface area (Å²) in [6, 6.07) is 8.91. The lowest BCUT2D eigenvalue weighted by atomic mass is 9.85. The molecule has 1 fully saturated rings. The maximum absolute atomic E-state index is 12.7. The number of rotatable bonds is 6. The monoisotopic (exact) mass is 275 g/mol. The van der Waals surface area contributed by atoms with Crippen LogP contribution in [-0.4, -0.2) is 30.4 Å². The summed E-state index contributed by atoms with van der Waals surface area (Å²) >= 11 is 0. The molecule has 20 heavy (non-hydrogen) atoms. The fraction of sp³-hybridized carbons (Fsp3) is 0.500. The van der Waals surface area contributed by atoms with Crippen LogP contribution in [-0.2, 0) is 9.53 Å². The Balaban J connectivity index is 2.26. The third-order valence-electron chi connectivity index (χ3n) is 3.61. The first-order valence-corrected chi connectivity index (χ1v) is 7.23. The van der Waals surface area contributed by atoms with Crippen molar-refractivity contribution in [2.24, 2.45) is 0 Å². The van der Waals surface area contributed by atoms with Crippen molar-refractivity contribution < 1.29 is 14.3 Å². The first-order chi connectivity index (χ1) is 9.70. The molecule has 4 nitrogen and oxygen atoms in total. The van der Waals surface area contributed by atoms with Gasteiger partial charge in [0.1, 0.15) is 0 Å². The van der Waals surface area contributed by atoms with Crippen LogP contribution in [0.2, 0.25) is 0 Å². The molecule has 0 aliphatic carbocycles. The van der Waals surface area contributed by atoms with Crippen LogP contribution in [0.3, 0.4) is 0 Å². The number of hydrogen-bond acceptors (Lipinski definition) is 3. The fourth-order valence-corrected chi connectivity index (χ4v) is 2.43. The van der Waals surface area contributed by atoms with E-state index in [-0.39, 0.29) is 11.7 Å². The fourth-order valence-electron chi connectivity index (χ4n) is 2.43. The topological polar surface area (TPSA) is 55.4 Å². The highest BCUT2D eigenvalue weighted by Crippen LogP contribution is 2.27. The zero-order chi connectivity index (χ0) is 14.4. The Labute approximate surface area is 119 Å². The zero-order valence-electron chi connectivity index (χ0n) is 11.9. The van der Waals surface area contributed by atoms with Gasteiger partial charge in [-0.05, 0) is 19.3 Å². The molecule has 1 amide bonds. The van der Waals surface area contributed by atoms with Gasteiger partial charge in [-0.25, -0.2) is 0 Å². The van der Waals surface area contributed by atoms with Crippen LogP contribution in [0.4, 0.5) is 0 Å². The van der Waals surface area contributed by atoms with E-state index in [0.29, 0.717) is 25.1 Å². The summed E-state index contributed by atoms with van der Waals surface area (Å²) < 4.78 is 5.78. The minimum absolute atomic E-state index is 0.230. The highest BCUT2D eigenvalue weighted by Gasteiger charge is 2.48. The average molecular weight is 275 g/mol. The standard InChI is InChI=1S/C16H21NO3/c1-2-3-12-20-16(10-7-11-17-15(16)19)14(18)13-8-5-4-6-9-13/h4-6,8-9H,2-3,7,10-12H2,1H3,(H,17,19). The Bertz CT molecular complexity index is 472. The third-order valence-corrected chi connectivity index (χ3v) is 3.61. The Kier molecular flexibility index (Phi) is 4.90. The minimum Gasteiger partial charge on any atom is -0.357 e. The number of benzene rings is 1. The molecule has 1 unspecified atom stereocenters. The van der Waals surface area contributed by atoms with E-state index in [2.05, 4.69) is 12.2 Å². The van der Waals surface area contributed by atoms with Gasteiger partial charge in [-0.3, -0.25) is 9.59 Å². The maximum Gasteiger partial charge on any atom is 0.260 e. The molecule has 1 N–H and O–H groups in total. The number of Topliss-reactive ketones (excluding diaryl/α,β-unsaturated/α-hetero) is 1. The van der Waals surface area contributed by atoms with Crippen molar-refractivity contribution in [1.82, 2.24) is 5.32 Å². The lowest BCUT2D eigenvalue weighted by Crippen LogP contribution is -2.58. The molecule has 4 heteroatoms. The number of nitrogens with one attached hydrogen (secondary N) is 1. The normalized spacial score (nSPS) is 22.4. The van der Waals surface area contributed by atoms with Crippen molar-refractivity contribution in [3.05, 3.63) is 35.9 Å². The summed E-state index contributed by atoms with van der Waals surface area (Å²) in [6.07, 6.45) is 3.03. The Morgan fingerprint density at radius 1 is 1.35 bits per heavy atom. The molecule has 1 aliphatic rings. The molecule has 0 saturated carbocycles. The number of ether oxygens (including phenoxy) is 1. The number of hydrogen-bond donors (Lipinski definition) is 1. The second kappa shape index (κ2) is 6.66. The number of ketones is 1. The van der Waals surface area contributed by atoms with Gasteiger partial charge in [0.05, 0.1) is 0 Å². The number of carbonyl (C=O) groups excluding carboxylic acids is 2. The van der Waals surface area contributed by atoms with Gasteiger partial charge in [0, 0.05) is 18.7 Å². The van der Waals surface area contributed by atoms with Gasteiger partial charge in [-0.1, -0.05) is 43.7 Å². The second-order valence-electron chi connectivity index (χ2n) is 5.08. The smallest absolute Gasteiger partial charge is 0.260 e. The summed E-state index contributed by atoms with van der Waals surface area (Å²) in [7, 11) is 0. The lowest BCUT2D eigenvalue weighted by Gasteiger charge is -2.34. The molecule has 2 rings (SSSR count). The third kappa shape index (κ3) is 2.90. The Morgan fingerprint density at radius 2 is 2.10 bits per heavy atom. The Hall–Kier alpha value is -1.68. The Morgan fingerprint density at radius 3 is 2.75 bits per heavy atom. The van der Waals surface area contributed by atoms with Crippen LogP contribution in [0.1, 0.15) is 43.0 Å². The molecule has 1 aromatic rings. The van der Waals surface area contributed by atoms with E-state index in [4.69, 9.17) is 4.74 Å². The van der Waals surface area contributed by atoms with Crippen LogP contribution < -0.4 is 5.32 Å². The van der Waals surface area contributed by atoms with Crippen molar-refractivity contribution in [3.8, 4) is 0 Å². The van der Waals surface area contributed by atoms with Crippen molar-refractivity contribution >= 4 is 11.7 Å². The van der Waals surface area contributed by atoms with Gasteiger partial charge in [-0.2, -0.15) is 0 Å². The van der Waals surface area contributed by atoms with Crippen LogP contribution >= 0.6 is 0 Å². The number of unbranched alkanes of at least 4 members (excludes halogenated alkanes) is 1. The van der Waals surface area contributed by atoms with E-state index < -0.39 is 5.60 Å². The van der Waals surface area contributed by atoms with Crippen LogP contribution in [0.15, 0.2) is 30.3 Å². The molecule has 1 saturated heterocycles. The van der Waals surface area contributed by atoms with Crippen molar-refractivity contribution in [3.63, 3.8) is 0 Å². The predicted octanol–water partition coefficient (Wildman–Crippen LogP) is 2.33. The van der Waals surface area contributed by atoms with Crippen LogP contribution in [0, 0.1) is 0 Å². The van der Waals surface area contributed by atoms with Crippen molar-refractivity contribution in [2.75, 3.05) is 13.2 Å². The highest BCUT2D eigenvalue weighted by molar-refractivity contribution is 6.17. The lowest BCUT2D eigenvalue weighted by molar-refractivity contribution is -0.144. The zero-order valence-corrected chi connectivity index (χ0v) is 11.9. The highest BCUT2D eigenvalue weighted by atomic mass is 16.5. The van der Waals surface area contributed by atoms with Crippen molar-refractivity contribution in [2.45, 2.75) is 38.2 Å². The quantitative estimate of drug-likeness (QED) is 0.492. The molecule has 1 aromatic carbocycles. The van der Waals surface area contributed by atoms with E-state index in [1.54, 1.807) is 24.3 Å². The molecule has 1 heterocycles. The summed E-state index contributed by atoms with van der Waals surface area (Å²) in [5.41, 5.74) is -0.810. The summed E-state index contributed by atoms with van der Waals surface area (Å²) in [4.78, 5) is 25.0. The van der Waals surface area contributed by atoms with Crippen LogP contribution in [0.5, 0.6) is 0 Å². The van der Waals surface area contributed by atoms with E-state index in [1.165, 1.54) is 0 Å². The molecular weight excluding hydrogens is 254 g/mol. The van der Waals surface area contributed by atoms with E-state index in [1.807, 2.05) is 6.07 Å². The summed E-state index contributed by atoms with van der Waals surface area (Å²) in [5, 5.41) is 2.77. The molecule has 0 bridgehead atoms. The number of amides is 1. The van der Waals surface area contributed by atoms with E-state index in [0.717, 1.165) is 19.3 Å². The van der Waals surface area contributed by atoms with Crippen molar-refractivity contribution in [1.29, 1.82) is 0 Å². The largest absolute Gasteiger partial charge is 0.357 e. The molecular formula is C16H21NO3. The SMILES string of the molecule is CCCCOC1(C(=O)c2ccccc2)CCCNC1=O. The maximum atomic E-state index is 12.7. The second-order valence-corrected chi connectivity index (χ2v) is 5.08. The first-order valence-electron chi connectivity index (χ1n) is 7.23. The first kappa shape index (κ1) is 14.7. The van der Waals surface area contributed by atoms with Gasteiger partial charge >= 0.3 is 0 Å². The minimum atomic E-state index is -1.34. The predicted molar refractivity (Wildman–Crippen MR) is 76.6 cm³/mol. The number of piperidine rings is 1. The molecule has 0 spiro atoms. The molecule has 1 aliphatic heterocycles. The van der Waals surface area contributed by atoms with Crippen LogP contribution in [0.25, 0.3) is 0 Å². The number of carbonyl (C=O) groups is 2. The van der Waals surface area contributed by atoms with Gasteiger partial charge in [0.2, 0.25) is 11.4 Å². The molecule has 108 valence electrons. The van der Waals surface area contributed by atoms with Gasteiger partial charge in [0.25, 0.3) is 5.91 Å². The molecule has 1 atom stereocenters.